The summed E-state index contributed by atoms with van der Waals surface area (Å²) in [6, 6.07) is 0. The Balaban J connectivity index is 2.73. The lowest BCUT2D eigenvalue weighted by atomic mass is 9.98. The SMILES string of the molecule is CC/C=C\C/C=C\C/C=C\C/C=C\C/C=C\CC(=O)OC1C(OCC(COC(=O)CCCCCCCC/C=C\C/C=C\C/C=C\CCCCC)OC(=O)CCCCCCCCCCCCCCC)OC(C(=O)O)C(O)C1O. The first-order valence-electron chi connectivity index (χ1n) is 30.2. The molecule has 3 N–H and O–H groups in total. The van der Waals surface area contributed by atoms with Gasteiger partial charge in [-0.1, -0.05) is 234 Å². The number of aliphatic hydroxyl groups excluding tert-OH is 2. The molecule has 0 aromatic carbocycles. The first kappa shape index (κ1) is 70.7. The zero-order valence-electron chi connectivity index (χ0n) is 48.2. The van der Waals surface area contributed by atoms with Crippen LogP contribution in [0.15, 0.2) is 97.2 Å². The summed E-state index contributed by atoms with van der Waals surface area (Å²) in [5.41, 5.74) is 0. The third kappa shape index (κ3) is 42.3. The van der Waals surface area contributed by atoms with Crippen LogP contribution < -0.4 is 0 Å². The molecule has 1 fully saturated rings. The van der Waals surface area contributed by atoms with Gasteiger partial charge < -0.3 is 39.0 Å². The Bertz CT molecular complexity index is 1710. The molecule has 0 saturated carbocycles. The van der Waals surface area contributed by atoms with Gasteiger partial charge in [0.2, 0.25) is 0 Å². The largest absolute Gasteiger partial charge is 0.479 e. The minimum absolute atomic E-state index is 0.148. The van der Waals surface area contributed by atoms with E-state index in [0.29, 0.717) is 19.3 Å². The molecule has 0 aliphatic carbocycles. The number of carbonyl (C=O) groups is 4. The minimum Gasteiger partial charge on any atom is -0.479 e. The molecular formula is C65H106O12. The molecule has 0 bridgehead atoms. The molecule has 0 aromatic rings. The fourth-order valence-corrected chi connectivity index (χ4v) is 8.57. The summed E-state index contributed by atoms with van der Waals surface area (Å²) in [6.07, 6.45) is 56.8. The number of allylic oxidation sites excluding steroid dienone is 15. The lowest BCUT2D eigenvalue weighted by Gasteiger charge is -2.40. The van der Waals surface area contributed by atoms with Crippen molar-refractivity contribution in [2.75, 3.05) is 13.2 Å². The molecule has 0 radical (unpaired) electrons. The molecule has 6 unspecified atom stereocenters. The Morgan fingerprint density at radius 1 is 0.455 bits per heavy atom. The molecule has 1 heterocycles. The van der Waals surface area contributed by atoms with E-state index in [1.807, 2.05) is 12.2 Å². The van der Waals surface area contributed by atoms with Gasteiger partial charge in [0.25, 0.3) is 0 Å². The second-order valence-electron chi connectivity index (χ2n) is 20.3. The number of carboxylic acid groups (broad SMARTS) is 1. The molecule has 12 heteroatoms. The van der Waals surface area contributed by atoms with Crippen LogP contribution in [0.4, 0.5) is 0 Å². The smallest absolute Gasteiger partial charge is 0.335 e. The lowest BCUT2D eigenvalue weighted by Crippen LogP contribution is -2.61. The average molecular weight is 1080 g/mol. The minimum atomic E-state index is -1.94. The van der Waals surface area contributed by atoms with E-state index in [-0.39, 0.29) is 25.9 Å². The van der Waals surface area contributed by atoms with Gasteiger partial charge in [-0.3, -0.25) is 14.4 Å². The lowest BCUT2D eigenvalue weighted by molar-refractivity contribution is -0.301. The summed E-state index contributed by atoms with van der Waals surface area (Å²) in [7, 11) is 0. The summed E-state index contributed by atoms with van der Waals surface area (Å²) >= 11 is 0. The third-order valence-electron chi connectivity index (χ3n) is 13.2. The number of ether oxygens (including phenoxy) is 5. The first-order chi connectivity index (χ1) is 37.6. The van der Waals surface area contributed by atoms with Gasteiger partial charge in [0, 0.05) is 12.8 Å². The molecule has 1 aliphatic heterocycles. The summed E-state index contributed by atoms with van der Waals surface area (Å²) < 4.78 is 28.3. The van der Waals surface area contributed by atoms with E-state index in [2.05, 4.69) is 93.7 Å². The molecule has 77 heavy (non-hydrogen) atoms. The predicted molar refractivity (Wildman–Crippen MR) is 312 cm³/mol. The van der Waals surface area contributed by atoms with Crippen molar-refractivity contribution in [1.82, 2.24) is 0 Å². The standard InChI is InChI=1S/C65H106O12/c1-4-7-10-13-16-19-22-25-27-28-29-30-32-34-36-39-42-45-48-51-57(66)73-54-56(75-58(67)52-49-46-43-40-37-33-24-21-18-15-12-9-6-3)55-74-65-63(61(70)60(69)62(77-65)64(71)72)76-59(68)53-50-47-44-41-38-35-31-26-23-20-17-14-11-8-5-2/h8,11,16-17,19-20,25-27,29-31,38,41,47,50,56,60-63,65,69-70H,4-7,9-10,12-15,18,21-24,28,32-37,39-40,42-46,48-49,51-55H2,1-3H3,(H,71,72)/b11-8-,19-16-,20-17-,27-25-,30-29-,31-26-,41-38-,50-47-. The Morgan fingerprint density at radius 3 is 1.34 bits per heavy atom. The van der Waals surface area contributed by atoms with E-state index in [9.17, 15) is 34.5 Å². The zero-order chi connectivity index (χ0) is 56.1. The van der Waals surface area contributed by atoms with Crippen LogP contribution in [0.25, 0.3) is 0 Å². The molecule has 1 aliphatic rings. The molecule has 12 nitrogen and oxygen atoms in total. The molecule has 0 aromatic heterocycles. The van der Waals surface area contributed by atoms with Crippen LogP contribution in [0.2, 0.25) is 0 Å². The van der Waals surface area contributed by atoms with Gasteiger partial charge in [0.1, 0.15) is 18.8 Å². The number of esters is 3. The number of carbonyl (C=O) groups excluding carboxylic acids is 3. The van der Waals surface area contributed by atoms with E-state index in [1.54, 1.807) is 12.2 Å². The molecule has 6 atom stereocenters. The van der Waals surface area contributed by atoms with Crippen LogP contribution in [-0.2, 0) is 42.9 Å². The van der Waals surface area contributed by atoms with Gasteiger partial charge in [0.15, 0.2) is 24.6 Å². The van der Waals surface area contributed by atoms with E-state index in [0.717, 1.165) is 96.3 Å². The van der Waals surface area contributed by atoms with Crippen LogP contribution >= 0.6 is 0 Å². The van der Waals surface area contributed by atoms with E-state index in [1.165, 1.54) is 83.5 Å². The maximum absolute atomic E-state index is 13.1. The van der Waals surface area contributed by atoms with Crippen molar-refractivity contribution in [3.05, 3.63) is 97.2 Å². The van der Waals surface area contributed by atoms with Gasteiger partial charge in [-0.2, -0.15) is 0 Å². The highest BCUT2D eigenvalue weighted by atomic mass is 16.7. The van der Waals surface area contributed by atoms with Crippen molar-refractivity contribution in [2.45, 2.75) is 276 Å². The van der Waals surface area contributed by atoms with Gasteiger partial charge in [-0.15, -0.1) is 0 Å². The van der Waals surface area contributed by atoms with Crippen molar-refractivity contribution in [3.63, 3.8) is 0 Å². The third-order valence-corrected chi connectivity index (χ3v) is 13.2. The summed E-state index contributed by atoms with van der Waals surface area (Å²) in [4.78, 5) is 51.1. The van der Waals surface area contributed by atoms with E-state index >= 15 is 0 Å². The molecule has 0 spiro atoms. The zero-order valence-corrected chi connectivity index (χ0v) is 48.2. The van der Waals surface area contributed by atoms with Gasteiger partial charge in [0.05, 0.1) is 13.0 Å². The first-order valence-corrected chi connectivity index (χ1v) is 30.2. The number of hydrogen-bond donors (Lipinski definition) is 3. The van der Waals surface area contributed by atoms with Crippen molar-refractivity contribution in [2.24, 2.45) is 0 Å². The Morgan fingerprint density at radius 2 is 0.857 bits per heavy atom. The fourth-order valence-electron chi connectivity index (χ4n) is 8.57. The summed E-state index contributed by atoms with van der Waals surface area (Å²) in [5.74, 6) is -3.30. The van der Waals surface area contributed by atoms with Gasteiger partial charge in [-0.25, -0.2) is 4.79 Å². The molecule has 1 rings (SSSR count). The monoisotopic (exact) mass is 1080 g/mol. The maximum atomic E-state index is 13.1. The van der Waals surface area contributed by atoms with Gasteiger partial charge in [-0.05, 0) is 83.5 Å². The Kier molecular flexibility index (Phi) is 48.0. The number of unbranched alkanes of at least 4 members (excludes halogenated alkanes) is 21. The van der Waals surface area contributed by atoms with E-state index in [4.69, 9.17) is 23.7 Å². The molecule has 0 amide bonds. The normalized spacial score (nSPS) is 18.7. The van der Waals surface area contributed by atoms with Crippen LogP contribution in [-0.4, -0.2) is 89.2 Å². The molecular weight excluding hydrogens is 973 g/mol. The van der Waals surface area contributed by atoms with Crippen LogP contribution in [0.3, 0.4) is 0 Å². The highest BCUT2D eigenvalue weighted by Gasteiger charge is 2.50. The van der Waals surface area contributed by atoms with Crippen LogP contribution in [0.1, 0.15) is 239 Å². The number of hydrogen-bond acceptors (Lipinski definition) is 11. The van der Waals surface area contributed by atoms with E-state index < -0.39 is 67.3 Å². The number of aliphatic carboxylic acids is 1. The van der Waals surface area contributed by atoms with Crippen molar-refractivity contribution >= 4 is 23.9 Å². The molecule has 438 valence electrons. The van der Waals surface area contributed by atoms with Gasteiger partial charge >= 0.3 is 23.9 Å². The van der Waals surface area contributed by atoms with Crippen molar-refractivity contribution < 1.29 is 58.2 Å². The maximum Gasteiger partial charge on any atom is 0.335 e. The summed E-state index contributed by atoms with van der Waals surface area (Å²) in [6.45, 7) is 5.80. The number of carboxylic acids is 1. The van der Waals surface area contributed by atoms with Crippen molar-refractivity contribution in [3.8, 4) is 0 Å². The highest BCUT2D eigenvalue weighted by molar-refractivity contribution is 5.74. The highest BCUT2D eigenvalue weighted by Crippen LogP contribution is 2.26. The van der Waals surface area contributed by atoms with Crippen LogP contribution in [0, 0.1) is 0 Å². The Labute approximate surface area is 466 Å². The topological polar surface area (TPSA) is 175 Å². The fraction of sp³-hybridized carbons (Fsp3) is 0.692. The quantitative estimate of drug-likeness (QED) is 0.0228. The second kappa shape index (κ2) is 52.3. The predicted octanol–water partition coefficient (Wildman–Crippen LogP) is 15.7. The second-order valence-corrected chi connectivity index (χ2v) is 20.3. The summed E-state index contributed by atoms with van der Waals surface area (Å²) in [5, 5.41) is 31.4. The van der Waals surface area contributed by atoms with Crippen molar-refractivity contribution in [1.29, 1.82) is 0 Å². The Hall–Kier alpha value is -4.36. The molecule has 1 saturated heterocycles. The van der Waals surface area contributed by atoms with Crippen LogP contribution in [0.5, 0.6) is 0 Å². The number of rotatable bonds is 50. The number of aliphatic hydroxyl groups is 2. The average Bonchev–Trinajstić information content (AvgIpc) is 3.42.